The van der Waals surface area contributed by atoms with Crippen molar-refractivity contribution in [3.05, 3.63) is 35.1 Å². The van der Waals surface area contributed by atoms with E-state index in [0.29, 0.717) is 30.5 Å². The van der Waals surface area contributed by atoms with Crippen LogP contribution in [-0.4, -0.2) is 25.4 Å². The van der Waals surface area contributed by atoms with Gasteiger partial charge in [0.1, 0.15) is 11.4 Å². The van der Waals surface area contributed by atoms with Crippen LogP contribution in [0.25, 0.3) is 0 Å². The molecule has 0 aliphatic carbocycles. The molecule has 1 rings (SSSR count). The van der Waals surface area contributed by atoms with Crippen LogP contribution in [0, 0.1) is 12.7 Å². The Hall–Kier alpha value is -0.970. The van der Waals surface area contributed by atoms with Crippen LogP contribution in [0.5, 0.6) is 0 Å². The fourth-order valence-corrected chi connectivity index (χ4v) is 1.82. The molecule has 4 heteroatoms. The highest BCUT2D eigenvalue weighted by Gasteiger charge is 2.29. The number of methoxy groups -OCH3 is 1. The summed E-state index contributed by atoms with van der Waals surface area (Å²) >= 11 is 0. The average molecular weight is 241 g/mol. The van der Waals surface area contributed by atoms with Gasteiger partial charge in [-0.1, -0.05) is 12.1 Å². The number of benzene rings is 1. The highest BCUT2D eigenvalue weighted by atomic mass is 19.1. The summed E-state index contributed by atoms with van der Waals surface area (Å²) in [5, 5.41) is 10.5. The maximum Gasteiger partial charge on any atom is 0.126 e. The van der Waals surface area contributed by atoms with Crippen LogP contribution in [0.3, 0.4) is 0 Å². The molecule has 0 bridgehead atoms. The minimum absolute atomic E-state index is 0.134. The van der Waals surface area contributed by atoms with E-state index < -0.39 is 5.60 Å². The van der Waals surface area contributed by atoms with E-state index in [1.807, 2.05) is 0 Å². The van der Waals surface area contributed by atoms with E-state index in [0.717, 1.165) is 0 Å². The third-order valence-electron chi connectivity index (χ3n) is 2.89. The lowest BCUT2D eigenvalue weighted by Crippen LogP contribution is -2.32. The van der Waals surface area contributed by atoms with Gasteiger partial charge in [0, 0.05) is 7.11 Å². The fraction of sp³-hybridized carbons (Fsp3) is 0.538. The van der Waals surface area contributed by atoms with Crippen molar-refractivity contribution in [3.63, 3.8) is 0 Å². The molecule has 0 aromatic heterocycles. The van der Waals surface area contributed by atoms with Crippen molar-refractivity contribution in [2.75, 3.05) is 20.3 Å². The van der Waals surface area contributed by atoms with Gasteiger partial charge in [-0.3, -0.25) is 0 Å². The first-order valence-electron chi connectivity index (χ1n) is 5.71. The maximum absolute atomic E-state index is 13.5. The topological polar surface area (TPSA) is 55.5 Å². The first kappa shape index (κ1) is 14.1. The van der Waals surface area contributed by atoms with Gasteiger partial charge in [0.05, 0.1) is 6.61 Å². The number of nitrogens with two attached hydrogens (primary N) is 1. The first-order valence-corrected chi connectivity index (χ1v) is 5.71. The van der Waals surface area contributed by atoms with E-state index in [9.17, 15) is 9.50 Å². The van der Waals surface area contributed by atoms with E-state index in [1.54, 1.807) is 19.1 Å². The van der Waals surface area contributed by atoms with Crippen LogP contribution in [-0.2, 0) is 10.3 Å². The number of aliphatic hydroxyl groups is 1. The minimum atomic E-state index is -1.16. The van der Waals surface area contributed by atoms with E-state index in [4.69, 9.17) is 10.5 Å². The van der Waals surface area contributed by atoms with Gasteiger partial charge in [0.15, 0.2) is 0 Å². The Morgan fingerprint density at radius 2 is 2.18 bits per heavy atom. The predicted molar refractivity (Wildman–Crippen MR) is 65.2 cm³/mol. The molecule has 3 nitrogen and oxygen atoms in total. The number of aryl methyl sites for hydroxylation is 1. The second kappa shape index (κ2) is 6.10. The third-order valence-corrected chi connectivity index (χ3v) is 2.89. The van der Waals surface area contributed by atoms with E-state index in [1.165, 1.54) is 13.2 Å². The second-order valence-electron chi connectivity index (χ2n) is 4.32. The van der Waals surface area contributed by atoms with Gasteiger partial charge < -0.3 is 15.6 Å². The maximum atomic E-state index is 13.5. The molecule has 17 heavy (non-hydrogen) atoms. The molecule has 0 radical (unpaired) electrons. The Morgan fingerprint density at radius 1 is 1.47 bits per heavy atom. The normalized spacial score (nSPS) is 14.6. The standard InChI is InChI=1S/C13H20FNO2/c1-10-4-5-11(8-12(10)14)13(16,9-17-2)6-3-7-15/h4-5,8,16H,3,6-7,9,15H2,1-2H3. The summed E-state index contributed by atoms with van der Waals surface area (Å²) in [6.07, 6.45) is 1.12. The molecule has 1 aromatic carbocycles. The van der Waals surface area contributed by atoms with Crippen molar-refractivity contribution in [1.82, 2.24) is 0 Å². The number of hydrogen-bond donors (Lipinski definition) is 2. The summed E-state index contributed by atoms with van der Waals surface area (Å²) in [5.41, 5.74) is 5.37. The fourth-order valence-electron chi connectivity index (χ4n) is 1.82. The Labute approximate surface area is 101 Å². The molecule has 1 atom stereocenters. The van der Waals surface area contributed by atoms with Gasteiger partial charge in [-0.15, -0.1) is 0 Å². The molecular formula is C13H20FNO2. The van der Waals surface area contributed by atoms with Crippen molar-refractivity contribution in [1.29, 1.82) is 0 Å². The van der Waals surface area contributed by atoms with Crippen molar-refractivity contribution >= 4 is 0 Å². The largest absolute Gasteiger partial charge is 0.383 e. The highest BCUT2D eigenvalue weighted by molar-refractivity contribution is 5.28. The van der Waals surface area contributed by atoms with Crippen LogP contribution in [0.1, 0.15) is 24.0 Å². The molecule has 1 unspecified atom stereocenters. The van der Waals surface area contributed by atoms with Crippen molar-refractivity contribution < 1.29 is 14.2 Å². The van der Waals surface area contributed by atoms with Crippen LogP contribution in [0.2, 0.25) is 0 Å². The summed E-state index contributed by atoms with van der Waals surface area (Å²) in [6, 6.07) is 4.76. The second-order valence-corrected chi connectivity index (χ2v) is 4.32. The molecule has 0 saturated carbocycles. The Morgan fingerprint density at radius 3 is 2.71 bits per heavy atom. The SMILES string of the molecule is COCC(O)(CCCN)c1ccc(C)c(F)c1. The van der Waals surface area contributed by atoms with Crippen molar-refractivity contribution in [2.45, 2.75) is 25.4 Å². The Bertz CT molecular complexity index is 370. The lowest BCUT2D eigenvalue weighted by molar-refractivity contribution is -0.0431. The van der Waals surface area contributed by atoms with Gasteiger partial charge in [0.2, 0.25) is 0 Å². The molecule has 0 spiro atoms. The molecular weight excluding hydrogens is 221 g/mol. The monoisotopic (exact) mass is 241 g/mol. The quantitative estimate of drug-likeness (QED) is 0.797. The first-order chi connectivity index (χ1) is 8.03. The van der Waals surface area contributed by atoms with E-state index in [2.05, 4.69) is 0 Å². The molecule has 0 aliphatic heterocycles. The van der Waals surface area contributed by atoms with Crippen molar-refractivity contribution in [2.24, 2.45) is 5.73 Å². The zero-order valence-electron chi connectivity index (χ0n) is 10.4. The van der Waals surface area contributed by atoms with Gasteiger partial charge >= 0.3 is 0 Å². The summed E-state index contributed by atoms with van der Waals surface area (Å²) in [5.74, 6) is -0.315. The zero-order valence-corrected chi connectivity index (χ0v) is 10.4. The molecule has 0 heterocycles. The molecule has 0 aliphatic rings. The lowest BCUT2D eigenvalue weighted by atomic mass is 9.89. The zero-order chi connectivity index (χ0) is 12.9. The molecule has 0 saturated heterocycles. The summed E-state index contributed by atoms with van der Waals surface area (Å²) in [6.45, 7) is 2.31. The van der Waals surface area contributed by atoms with Gasteiger partial charge in [0.25, 0.3) is 0 Å². The summed E-state index contributed by atoms with van der Waals surface area (Å²) in [7, 11) is 1.51. The predicted octanol–water partition coefficient (Wildman–Crippen LogP) is 1.71. The van der Waals surface area contributed by atoms with E-state index in [-0.39, 0.29) is 12.4 Å². The number of ether oxygens (including phenoxy) is 1. The van der Waals surface area contributed by atoms with E-state index >= 15 is 0 Å². The smallest absolute Gasteiger partial charge is 0.126 e. The highest BCUT2D eigenvalue weighted by Crippen LogP contribution is 2.28. The summed E-state index contributed by atoms with van der Waals surface area (Å²) in [4.78, 5) is 0. The molecule has 96 valence electrons. The molecule has 3 N–H and O–H groups in total. The van der Waals surface area contributed by atoms with Crippen LogP contribution in [0.4, 0.5) is 4.39 Å². The van der Waals surface area contributed by atoms with Crippen LogP contribution in [0.15, 0.2) is 18.2 Å². The molecule has 1 aromatic rings. The Kier molecular flexibility index (Phi) is 5.05. The Balaban J connectivity index is 2.99. The number of hydrogen-bond acceptors (Lipinski definition) is 3. The molecule has 0 fully saturated rings. The van der Waals surface area contributed by atoms with Crippen molar-refractivity contribution in [3.8, 4) is 0 Å². The van der Waals surface area contributed by atoms with Gasteiger partial charge in [-0.2, -0.15) is 0 Å². The number of halogens is 1. The average Bonchev–Trinajstić information content (AvgIpc) is 2.30. The van der Waals surface area contributed by atoms with Gasteiger partial charge in [-0.25, -0.2) is 4.39 Å². The van der Waals surface area contributed by atoms with Gasteiger partial charge in [-0.05, 0) is 43.5 Å². The number of rotatable bonds is 6. The van der Waals surface area contributed by atoms with Crippen LogP contribution >= 0.6 is 0 Å². The summed E-state index contributed by atoms with van der Waals surface area (Å²) < 4.78 is 18.5. The molecule has 0 amide bonds. The van der Waals surface area contributed by atoms with Crippen LogP contribution < -0.4 is 5.73 Å². The minimum Gasteiger partial charge on any atom is -0.383 e. The third kappa shape index (κ3) is 3.49. The lowest BCUT2D eigenvalue weighted by Gasteiger charge is -2.28.